The van der Waals surface area contributed by atoms with Crippen LogP contribution in [0.4, 0.5) is 0 Å². The molecule has 14 heavy (non-hydrogen) atoms. The lowest BCUT2D eigenvalue weighted by Crippen LogP contribution is -2.05. The second-order valence-electron chi connectivity index (χ2n) is 2.97. The standard InChI is InChI=1S/C10H10N2O2/c1-14-10(13)6-7-2-3-8-9(12-7)4-5-11-8/h2-5,11H,6H2,1H3. The molecule has 0 aromatic carbocycles. The van der Waals surface area contributed by atoms with E-state index in [-0.39, 0.29) is 12.4 Å². The summed E-state index contributed by atoms with van der Waals surface area (Å²) in [6, 6.07) is 5.59. The van der Waals surface area contributed by atoms with E-state index in [4.69, 9.17) is 0 Å². The summed E-state index contributed by atoms with van der Waals surface area (Å²) < 4.78 is 4.56. The van der Waals surface area contributed by atoms with Crippen molar-refractivity contribution in [2.75, 3.05) is 7.11 Å². The minimum Gasteiger partial charge on any atom is -0.469 e. The Labute approximate surface area is 80.9 Å². The highest BCUT2D eigenvalue weighted by Crippen LogP contribution is 2.10. The van der Waals surface area contributed by atoms with Gasteiger partial charge in [-0.1, -0.05) is 0 Å². The van der Waals surface area contributed by atoms with E-state index in [2.05, 4.69) is 14.7 Å². The molecule has 0 fully saturated rings. The summed E-state index contributed by atoms with van der Waals surface area (Å²) in [4.78, 5) is 18.3. The number of nitrogens with one attached hydrogen (secondary N) is 1. The molecule has 0 atom stereocenters. The molecule has 72 valence electrons. The number of hydrogen-bond donors (Lipinski definition) is 1. The molecule has 4 heteroatoms. The van der Waals surface area contributed by atoms with Crippen molar-refractivity contribution in [1.82, 2.24) is 9.97 Å². The second-order valence-corrected chi connectivity index (χ2v) is 2.97. The first kappa shape index (κ1) is 8.74. The van der Waals surface area contributed by atoms with Gasteiger partial charge >= 0.3 is 5.97 Å². The van der Waals surface area contributed by atoms with Gasteiger partial charge in [0.1, 0.15) is 0 Å². The van der Waals surface area contributed by atoms with Gasteiger partial charge in [0, 0.05) is 6.20 Å². The maximum absolute atomic E-state index is 11.0. The fraction of sp³-hybridized carbons (Fsp3) is 0.200. The van der Waals surface area contributed by atoms with Crippen molar-refractivity contribution in [3.05, 3.63) is 30.1 Å². The third-order valence-corrected chi connectivity index (χ3v) is 2.02. The van der Waals surface area contributed by atoms with Crippen LogP contribution in [0, 0.1) is 0 Å². The minimum absolute atomic E-state index is 0.220. The first-order valence-corrected chi connectivity index (χ1v) is 4.29. The average Bonchev–Trinajstić information content (AvgIpc) is 2.64. The van der Waals surface area contributed by atoms with Crippen molar-refractivity contribution in [3.63, 3.8) is 0 Å². The fourth-order valence-corrected chi connectivity index (χ4v) is 1.30. The van der Waals surface area contributed by atoms with Gasteiger partial charge in [-0.15, -0.1) is 0 Å². The summed E-state index contributed by atoms with van der Waals surface area (Å²) in [7, 11) is 1.37. The predicted molar refractivity (Wildman–Crippen MR) is 51.8 cm³/mol. The van der Waals surface area contributed by atoms with E-state index in [9.17, 15) is 4.79 Å². The van der Waals surface area contributed by atoms with Gasteiger partial charge in [-0.05, 0) is 18.2 Å². The Hall–Kier alpha value is -1.84. The zero-order valence-electron chi connectivity index (χ0n) is 7.78. The number of rotatable bonds is 2. The van der Waals surface area contributed by atoms with Gasteiger partial charge in [-0.25, -0.2) is 0 Å². The number of pyridine rings is 1. The van der Waals surface area contributed by atoms with E-state index in [0.29, 0.717) is 0 Å². The number of carbonyl (C=O) groups excluding carboxylic acids is 1. The first-order valence-electron chi connectivity index (χ1n) is 4.29. The van der Waals surface area contributed by atoms with Crippen LogP contribution in [0.5, 0.6) is 0 Å². The molecule has 2 aromatic rings. The quantitative estimate of drug-likeness (QED) is 0.726. The van der Waals surface area contributed by atoms with E-state index >= 15 is 0 Å². The summed E-state index contributed by atoms with van der Waals surface area (Å²) in [6.45, 7) is 0. The lowest BCUT2D eigenvalue weighted by atomic mass is 10.2. The van der Waals surface area contributed by atoms with E-state index in [1.165, 1.54) is 7.11 Å². The number of fused-ring (bicyclic) bond motifs is 1. The lowest BCUT2D eigenvalue weighted by Gasteiger charge is -1.98. The van der Waals surface area contributed by atoms with Crippen LogP contribution in [-0.4, -0.2) is 23.0 Å². The van der Waals surface area contributed by atoms with Crippen LogP contribution in [0.15, 0.2) is 24.4 Å². The van der Waals surface area contributed by atoms with Crippen LogP contribution in [0.1, 0.15) is 5.69 Å². The maximum atomic E-state index is 11.0. The van der Waals surface area contributed by atoms with Crippen LogP contribution in [0.25, 0.3) is 11.0 Å². The Morgan fingerprint density at radius 2 is 2.36 bits per heavy atom. The molecule has 2 heterocycles. The Bertz CT molecular complexity index is 462. The Balaban J connectivity index is 2.30. The van der Waals surface area contributed by atoms with Crippen LogP contribution in [0.3, 0.4) is 0 Å². The molecule has 0 unspecified atom stereocenters. The molecule has 0 spiro atoms. The van der Waals surface area contributed by atoms with Crippen LogP contribution in [0.2, 0.25) is 0 Å². The monoisotopic (exact) mass is 190 g/mol. The summed E-state index contributed by atoms with van der Waals surface area (Å²) >= 11 is 0. The zero-order valence-corrected chi connectivity index (χ0v) is 7.78. The normalized spacial score (nSPS) is 10.4. The van der Waals surface area contributed by atoms with Gasteiger partial charge in [0.15, 0.2) is 0 Å². The highest BCUT2D eigenvalue weighted by molar-refractivity contribution is 5.77. The van der Waals surface area contributed by atoms with Crippen molar-refractivity contribution in [3.8, 4) is 0 Å². The SMILES string of the molecule is COC(=O)Cc1ccc2[nH]ccc2n1. The number of carbonyl (C=O) groups is 1. The van der Waals surface area contributed by atoms with Crippen LogP contribution < -0.4 is 0 Å². The van der Waals surface area contributed by atoms with E-state index in [1.54, 1.807) is 0 Å². The van der Waals surface area contributed by atoms with E-state index in [0.717, 1.165) is 16.7 Å². The molecule has 2 rings (SSSR count). The van der Waals surface area contributed by atoms with Gasteiger partial charge < -0.3 is 9.72 Å². The number of hydrogen-bond acceptors (Lipinski definition) is 3. The summed E-state index contributed by atoms with van der Waals surface area (Å²) in [6.07, 6.45) is 2.04. The Kier molecular flexibility index (Phi) is 2.18. The highest BCUT2D eigenvalue weighted by Gasteiger charge is 2.04. The number of ether oxygens (including phenoxy) is 1. The molecule has 1 N–H and O–H groups in total. The molecule has 0 amide bonds. The molecule has 0 saturated carbocycles. The maximum Gasteiger partial charge on any atom is 0.311 e. The molecule has 2 aromatic heterocycles. The number of esters is 1. The zero-order chi connectivity index (χ0) is 9.97. The largest absolute Gasteiger partial charge is 0.469 e. The Morgan fingerprint density at radius 3 is 3.14 bits per heavy atom. The smallest absolute Gasteiger partial charge is 0.311 e. The molecule has 0 saturated heterocycles. The van der Waals surface area contributed by atoms with Crippen LogP contribution in [-0.2, 0) is 16.0 Å². The van der Waals surface area contributed by atoms with Gasteiger partial charge in [-0.2, -0.15) is 0 Å². The Morgan fingerprint density at radius 1 is 1.50 bits per heavy atom. The van der Waals surface area contributed by atoms with E-state index < -0.39 is 0 Å². The van der Waals surface area contributed by atoms with E-state index in [1.807, 2.05) is 24.4 Å². The third kappa shape index (κ3) is 1.59. The highest BCUT2D eigenvalue weighted by atomic mass is 16.5. The van der Waals surface area contributed by atoms with Gasteiger partial charge in [0.25, 0.3) is 0 Å². The van der Waals surface area contributed by atoms with Gasteiger partial charge in [-0.3, -0.25) is 9.78 Å². The van der Waals surface area contributed by atoms with Gasteiger partial charge in [0.2, 0.25) is 0 Å². The number of methoxy groups -OCH3 is 1. The molecule has 0 aliphatic rings. The molecular formula is C10H10N2O2. The van der Waals surface area contributed by atoms with Crippen molar-refractivity contribution < 1.29 is 9.53 Å². The second kappa shape index (κ2) is 3.49. The summed E-state index contributed by atoms with van der Waals surface area (Å²) in [5.74, 6) is -0.271. The number of H-pyrrole nitrogens is 1. The minimum atomic E-state index is -0.271. The van der Waals surface area contributed by atoms with Crippen molar-refractivity contribution in [2.24, 2.45) is 0 Å². The summed E-state index contributed by atoms with van der Waals surface area (Å²) in [5, 5.41) is 0. The molecule has 4 nitrogen and oxygen atoms in total. The predicted octanol–water partition coefficient (Wildman–Crippen LogP) is 1.28. The fourth-order valence-electron chi connectivity index (χ4n) is 1.30. The first-order chi connectivity index (χ1) is 6.79. The molecule has 0 aliphatic heterocycles. The summed E-state index contributed by atoms with van der Waals surface area (Å²) in [5.41, 5.74) is 2.56. The van der Waals surface area contributed by atoms with Gasteiger partial charge in [0.05, 0.1) is 30.3 Å². The topological polar surface area (TPSA) is 55.0 Å². The number of aromatic nitrogens is 2. The molecule has 0 bridgehead atoms. The molecule has 0 aliphatic carbocycles. The average molecular weight is 190 g/mol. The van der Waals surface area contributed by atoms with Crippen molar-refractivity contribution >= 4 is 17.0 Å². The molecule has 0 radical (unpaired) electrons. The van der Waals surface area contributed by atoms with Crippen molar-refractivity contribution in [1.29, 1.82) is 0 Å². The lowest BCUT2D eigenvalue weighted by molar-refractivity contribution is -0.139. The number of aromatic amines is 1. The van der Waals surface area contributed by atoms with Crippen LogP contribution >= 0.6 is 0 Å². The molecular weight excluding hydrogens is 180 g/mol. The number of nitrogens with zero attached hydrogens (tertiary/aromatic N) is 1. The van der Waals surface area contributed by atoms with Crippen molar-refractivity contribution in [2.45, 2.75) is 6.42 Å². The third-order valence-electron chi connectivity index (χ3n) is 2.02.